The van der Waals surface area contributed by atoms with Gasteiger partial charge in [0.05, 0.1) is 0 Å². The minimum atomic E-state index is -3.40. The highest BCUT2D eigenvalue weighted by molar-refractivity contribution is 9.13. The van der Waals surface area contributed by atoms with Crippen LogP contribution in [0.15, 0.2) is 34.1 Å². The molecule has 0 fully saturated rings. The summed E-state index contributed by atoms with van der Waals surface area (Å²) >= 11 is 2.84. The molecule has 0 aliphatic heterocycles. The van der Waals surface area contributed by atoms with Crippen molar-refractivity contribution < 1.29 is 13.5 Å². The normalized spacial score (nSPS) is 13.6. The Morgan fingerprint density at radius 3 is 2.21 bits per heavy atom. The van der Waals surface area contributed by atoms with Gasteiger partial charge in [0.15, 0.2) is 13.7 Å². The van der Waals surface area contributed by atoms with Gasteiger partial charge >= 0.3 is 0 Å². The van der Waals surface area contributed by atoms with Crippen LogP contribution >= 0.6 is 15.9 Å². The van der Waals surface area contributed by atoms with E-state index in [1.54, 1.807) is 30.3 Å². The molecule has 0 radical (unpaired) electrons. The Labute approximate surface area is 91.1 Å². The molecule has 76 valence electrons. The third-order valence-electron chi connectivity index (χ3n) is 1.56. The van der Waals surface area contributed by atoms with Gasteiger partial charge in [0.2, 0.25) is 0 Å². The van der Waals surface area contributed by atoms with Crippen LogP contribution in [0, 0.1) is 0 Å². The molecule has 1 aromatic rings. The predicted octanol–water partition coefficient (Wildman–Crippen LogP) is 2.31. The van der Waals surface area contributed by atoms with Gasteiger partial charge < -0.3 is 5.11 Å². The largest absolute Gasteiger partial charge is 0.505 e. The smallest absolute Gasteiger partial charge is 0.185 e. The van der Waals surface area contributed by atoms with Crippen LogP contribution in [0.3, 0.4) is 0 Å². The molecule has 0 saturated carbocycles. The maximum atomic E-state index is 11.1. The summed E-state index contributed by atoms with van der Waals surface area (Å²) in [5.74, 6) is -0.270. The van der Waals surface area contributed by atoms with E-state index in [4.69, 9.17) is 0 Å². The number of aliphatic hydroxyl groups is 1. The summed E-state index contributed by atoms with van der Waals surface area (Å²) in [4.78, 5) is 0. The van der Waals surface area contributed by atoms with Crippen LogP contribution in [0.5, 0.6) is 0 Å². The van der Waals surface area contributed by atoms with Gasteiger partial charge in [-0.1, -0.05) is 30.3 Å². The van der Waals surface area contributed by atoms with E-state index >= 15 is 0 Å². The highest BCUT2D eigenvalue weighted by Gasteiger charge is 2.14. The van der Waals surface area contributed by atoms with E-state index in [1.807, 2.05) is 0 Å². The molecule has 1 N–H and O–H groups in total. The van der Waals surface area contributed by atoms with E-state index < -0.39 is 9.84 Å². The summed E-state index contributed by atoms with van der Waals surface area (Å²) in [6.45, 7) is 0. The second kappa shape index (κ2) is 4.14. The molecule has 1 aromatic carbocycles. The van der Waals surface area contributed by atoms with Gasteiger partial charge in [-0.15, -0.1) is 0 Å². The first-order chi connectivity index (χ1) is 6.43. The fraction of sp³-hybridized carbons (Fsp3) is 0.111. The molecule has 14 heavy (non-hydrogen) atoms. The van der Waals surface area contributed by atoms with Crippen molar-refractivity contribution in [1.82, 2.24) is 0 Å². The van der Waals surface area contributed by atoms with Crippen molar-refractivity contribution in [2.24, 2.45) is 0 Å². The molecule has 3 nitrogen and oxygen atoms in total. The number of hydrogen-bond acceptors (Lipinski definition) is 3. The number of sulfone groups is 1. The molecule has 0 spiro atoms. The molecule has 0 amide bonds. The first kappa shape index (κ1) is 11.3. The maximum Gasteiger partial charge on any atom is 0.185 e. The van der Waals surface area contributed by atoms with Crippen molar-refractivity contribution in [1.29, 1.82) is 0 Å². The van der Waals surface area contributed by atoms with Gasteiger partial charge in [-0.3, -0.25) is 0 Å². The van der Waals surface area contributed by atoms with Crippen LogP contribution in [-0.4, -0.2) is 19.8 Å². The lowest BCUT2D eigenvalue weighted by Crippen LogP contribution is -1.98. The zero-order valence-electron chi connectivity index (χ0n) is 7.44. The molecule has 0 atom stereocenters. The Kier molecular flexibility index (Phi) is 3.34. The topological polar surface area (TPSA) is 54.4 Å². The highest BCUT2D eigenvalue weighted by atomic mass is 79.9. The molecule has 0 saturated heterocycles. The summed E-state index contributed by atoms with van der Waals surface area (Å²) < 4.78 is 22.0. The standard InChI is InChI=1S/C9H9BrO3S/c1-14(12,13)9(10)8(11)7-5-3-2-4-6-7/h2-6,11H,1H3. The molecular weight excluding hydrogens is 268 g/mol. The summed E-state index contributed by atoms with van der Waals surface area (Å²) in [7, 11) is -3.40. The Hall–Kier alpha value is -0.810. The minimum Gasteiger partial charge on any atom is -0.505 e. The molecular formula is C9H9BrO3S. The lowest BCUT2D eigenvalue weighted by molar-refractivity contribution is 0.511. The second-order valence-electron chi connectivity index (χ2n) is 2.76. The van der Waals surface area contributed by atoms with E-state index in [0.29, 0.717) is 5.56 Å². The quantitative estimate of drug-likeness (QED) is 0.844. The van der Waals surface area contributed by atoms with Crippen LogP contribution in [0.2, 0.25) is 0 Å². The van der Waals surface area contributed by atoms with Crippen molar-refractivity contribution in [2.45, 2.75) is 0 Å². The number of halogens is 1. The zero-order valence-corrected chi connectivity index (χ0v) is 9.84. The first-order valence-electron chi connectivity index (χ1n) is 3.77. The van der Waals surface area contributed by atoms with Crippen LogP contribution in [-0.2, 0) is 9.84 Å². The Morgan fingerprint density at radius 1 is 1.29 bits per heavy atom. The van der Waals surface area contributed by atoms with Gasteiger partial charge in [0.1, 0.15) is 5.76 Å². The van der Waals surface area contributed by atoms with Gasteiger partial charge in [0, 0.05) is 11.8 Å². The molecule has 0 aliphatic rings. The fourth-order valence-corrected chi connectivity index (χ4v) is 1.58. The number of rotatable bonds is 2. The van der Waals surface area contributed by atoms with Crippen LogP contribution in [0.4, 0.5) is 0 Å². The van der Waals surface area contributed by atoms with E-state index in [2.05, 4.69) is 15.9 Å². The zero-order chi connectivity index (χ0) is 10.8. The van der Waals surface area contributed by atoms with Gasteiger partial charge in [-0.25, -0.2) is 8.42 Å². The molecule has 0 unspecified atom stereocenters. The van der Waals surface area contributed by atoms with Crippen molar-refractivity contribution in [3.8, 4) is 0 Å². The van der Waals surface area contributed by atoms with Gasteiger partial charge in [0.25, 0.3) is 0 Å². The van der Waals surface area contributed by atoms with Crippen LogP contribution < -0.4 is 0 Å². The summed E-state index contributed by atoms with van der Waals surface area (Å²) in [6, 6.07) is 8.47. The second-order valence-corrected chi connectivity index (χ2v) is 6.03. The third kappa shape index (κ3) is 2.59. The van der Waals surface area contributed by atoms with E-state index in [0.717, 1.165) is 6.26 Å². The van der Waals surface area contributed by atoms with Gasteiger partial charge in [-0.2, -0.15) is 0 Å². The summed E-state index contributed by atoms with van der Waals surface area (Å²) in [6.07, 6.45) is 1.02. The minimum absolute atomic E-state index is 0.198. The Morgan fingerprint density at radius 2 is 1.79 bits per heavy atom. The SMILES string of the molecule is CS(=O)(=O)C(Br)=C(O)c1ccccc1. The van der Waals surface area contributed by atoms with Crippen LogP contribution in [0.25, 0.3) is 5.76 Å². The predicted molar refractivity (Wildman–Crippen MR) is 59.8 cm³/mol. The lowest BCUT2D eigenvalue weighted by atomic mass is 10.2. The first-order valence-corrected chi connectivity index (χ1v) is 6.45. The van der Waals surface area contributed by atoms with Crippen LogP contribution in [0.1, 0.15) is 5.56 Å². The molecule has 0 bridgehead atoms. The third-order valence-corrected chi connectivity index (χ3v) is 4.54. The van der Waals surface area contributed by atoms with Crippen molar-refractivity contribution >= 4 is 31.5 Å². The molecule has 0 heterocycles. The lowest BCUT2D eigenvalue weighted by Gasteiger charge is -2.02. The Bertz CT molecular complexity index is 448. The molecule has 1 rings (SSSR count). The summed E-state index contributed by atoms with van der Waals surface area (Å²) in [5.41, 5.74) is 0.463. The van der Waals surface area contributed by atoms with Crippen molar-refractivity contribution in [3.05, 3.63) is 39.7 Å². The number of benzene rings is 1. The van der Waals surface area contributed by atoms with E-state index in [1.165, 1.54) is 0 Å². The number of hydrogen-bond donors (Lipinski definition) is 1. The summed E-state index contributed by atoms with van der Waals surface area (Å²) in [5, 5.41) is 9.58. The molecule has 0 aliphatic carbocycles. The number of aliphatic hydroxyl groups excluding tert-OH is 1. The van der Waals surface area contributed by atoms with Crippen molar-refractivity contribution in [3.63, 3.8) is 0 Å². The van der Waals surface area contributed by atoms with Crippen molar-refractivity contribution in [2.75, 3.05) is 6.26 Å². The van der Waals surface area contributed by atoms with E-state index in [-0.39, 0.29) is 9.57 Å². The van der Waals surface area contributed by atoms with E-state index in [9.17, 15) is 13.5 Å². The fourth-order valence-electron chi connectivity index (χ4n) is 0.885. The average Bonchev–Trinajstić information content (AvgIpc) is 2.15. The maximum absolute atomic E-state index is 11.1. The average molecular weight is 277 g/mol. The highest BCUT2D eigenvalue weighted by Crippen LogP contribution is 2.23. The Balaban J connectivity index is 3.26. The molecule has 0 aromatic heterocycles. The monoisotopic (exact) mass is 276 g/mol. The molecule has 5 heteroatoms. The van der Waals surface area contributed by atoms with Gasteiger partial charge in [-0.05, 0) is 15.9 Å².